The first-order valence-electron chi connectivity index (χ1n) is 11.4. The van der Waals surface area contributed by atoms with E-state index in [2.05, 4.69) is 25.1 Å². The highest BCUT2D eigenvalue weighted by Crippen LogP contribution is 2.37. The topological polar surface area (TPSA) is 51.0 Å². The molecule has 1 saturated carbocycles. The van der Waals surface area contributed by atoms with Crippen LogP contribution in [0.15, 0.2) is 32.4 Å². The number of hydrogen-bond acceptors (Lipinski definition) is 4. The lowest BCUT2D eigenvalue weighted by Gasteiger charge is -2.29. The summed E-state index contributed by atoms with van der Waals surface area (Å²) in [6, 6.07) is 0.355. The number of esters is 1. The van der Waals surface area contributed by atoms with Gasteiger partial charge in [0.1, 0.15) is 5.17 Å². The van der Waals surface area contributed by atoms with Crippen molar-refractivity contribution in [1.29, 1.82) is 0 Å². The Bertz CT molecular complexity index is 727. The van der Waals surface area contributed by atoms with Gasteiger partial charge in [-0.3, -0.25) is 9.79 Å². The molecule has 0 bridgehead atoms. The van der Waals surface area contributed by atoms with Gasteiger partial charge in [0.05, 0.1) is 24.3 Å². The van der Waals surface area contributed by atoms with Gasteiger partial charge >= 0.3 is 5.97 Å². The molecule has 1 unspecified atom stereocenters. The largest absolute Gasteiger partial charge is 0.466 e. The van der Waals surface area contributed by atoms with Crippen LogP contribution in [0.3, 0.4) is 0 Å². The van der Waals surface area contributed by atoms with E-state index in [1.54, 1.807) is 0 Å². The molecule has 0 N–H and O–H groups in total. The summed E-state index contributed by atoms with van der Waals surface area (Å²) in [6.45, 7) is 6.72. The molecule has 0 aromatic carbocycles. The van der Waals surface area contributed by atoms with Crippen LogP contribution in [0.2, 0.25) is 0 Å². The van der Waals surface area contributed by atoms with E-state index in [1.807, 2.05) is 6.92 Å². The van der Waals surface area contributed by atoms with Crippen molar-refractivity contribution in [2.45, 2.75) is 91.0 Å². The molecule has 3 aliphatic rings. The van der Waals surface area contributed by atoms with Crippen LogP contribution in [0.1, 0.15) is 85.0 Å². The second-order valence-electron chi connectivity index (χ2n) is 8.50. The quantitative estimate of drug-likeness (QED) is 0.449. The van der Waals surface area contributed by atoms with Gasteiger partial charge < -0.3 is 4.74 Å². The summed E-state index contributed by atoms with van der Waals surface area (Å²) in [5.74, 6) is 0.833. The number of carbonyl (C=O) groups excluding carboxylic acids is 1. The molecule has 4 nitrogen and oxygen atoms in total. The summed E-state index contributed by atoms with van der Waals surface area (Å²) in [7, 11) is 0. The monoisotopic (exact) mass is 418 g/mol. The van der Waals surface area contributed by atoms with Gasteiger partial charge in [0.2, 0.25) is 0 Å². The smallest absolute Gasteiger partial charge is 0.308 e. The third-order valence-electron chi connectivity index (χ3n) is 6.67. The molecule has 5 heteroatoms. The number of rotatable bonds is 7. The van der Waals surface area contributed by atoms with Crippen molar-refractivity contribution in [2.75, 3.05) is 6.61 Å². The van der Waals surface area contributed by atoms with E-state index in [0.29, 0.717) is 23.7 Å². The lowest BCUT2D eigenvalue weighted by atomic mass is 9.78. The van der Waals surface area contributed by atoms with Gasteiger partial charge in [-0.05, 0) is 76.2 Å². The van der Waals surface area contributed by atoms with Crippen LogP contribution in [0.4, 0.5) is 0 Å². The Morgan fingerprint density at radius 1 is 1.14 bits per heavy atom. The van der Waals surface area contributed by atoms with Crippen LogP contribution in [0.25, 0.3) is 0 Å². The summed E-state index contributed by atoms with van der Waals surface area (Å²) in [5.41, 5.74) is 5.15. The molecule has 1 fully saturated rings. The average Bonchev–Trinajstić information content (AvgIpc) is 2.88. The number of fused-ring (bicyclic) bond motifs is 1. The molecule has 0 radical (unpaired) electrons. The number of carbonyl (C=O) groups is 1. The van der Waals surface area contributed by atoms with E-state index in [4.69, 9.17) is 21.3 Å². The van der Waals surface area contributed by atoms with Crippen molar-refractivity contribution in [3.63, 3.8) is 0 Å². The first-order valence-corrected chi connectivity index (χ1v) is 11.8. The van der Waals surface area contributed by atoms with Gasteiger partial charge in [-0.15, -0.1) is 0 Å². The zero-order chi connectivity index (χ0) is 20.8. The molecule has 0 aromatic rings. The highest BCUT2D eigenvalue weighted by molar-refractivity contribution is 6.65. The van der Waals surface area contributed by atoms with Crippen LogP contribution in [-0.2, 0) is 9.53 Å². The Labute approximate surface area is 180 Å². The van der Waals surface area contributed by atoms with Crippen LogP contribution >= 0.6 is 11.6 Å². The van der Waals surface area contributed by atoms with E-state index >= 15 is 0 Å². The molecule has 2 heterocycles. The maximum Gasteiger partial charge on any atom is 0.308 e. The van der Waals surface area contributed by atoms with E-state index < -0.39 is 0 Å². The third-order valence-corrected chi connectivity index (χ3v) is 6.89. The fourth-order valence-electron chi connectivity index (χ4n) is 4.93. The summed E-state index contributed by atoms with van der Waals surface area (Å²) in [4.78, 5) is 21.5. The van der Waals surface area contributed by atoms with E-state index in [-0.39, 0.29) is 11.9 Å². The van der Waals surface area contributed by atoms with Crippen LogP contribution in [-0.4, -0.2) is 30.0 Å². The summed E-state index contributed by atoms with van der Waals surface area (Å²) in [5, 5.41) is 0.705. The first-order chi connectivity index (χ1) is 14.0. The minimum absolute atomic E-state index is 0.00199. The van der Waals surface area contributed by atoms with Gasteiger partial charge in [-0.25, -0.2) is 4.99 Å². The summed E-state index contributed by atoms with van der Waals surface area (Å²) < 4.78 is 5.19. The van der Waals surface area contributed by atoms with Crippen LogP contribution in [0, 0.1) is 11.8 Å². The van der Waals surface area contributed by atoms with Crippen molar-refractivity contribution in [3.8, 4) is 0 Å². The normalized spacial score (nSPS) is 27.4. The second kappa shape index (κ2) is 10.6. The lowest BCUT2D eigenvalue weighted by molar-refractivity contribution is -0.149. The molecular formula is C24H35ClN2O2. The third kappa shape index (κ3) is 5.59. The van der Waals surface area contributed by atoms with Crippen LogP contribution < -0.4 is 0 Å². The van der Waals surface area contributed by atoms with Crippen molar-refractivity contribution < 1.29 is 9.53 Å². The van der Waals surface area contributed by atoms with Crippen molar-refractivity contribution in [1.82, 2.24) is 0 Å². The molecule has 0 amide bonds. The van der Waals surface area contributed by atoms with E-state index in [1.165, 1.54) is 23.1 Å². The van der Waals surface area contributed by atoms with Gasteiger partial charge in [-0.2, -0.15) is 0 Å². The second-order valence-corrected chi connectivity index (χ2v) is 8.93. The minimum atomic E-state index is 0.00199. The standard InChI is InChI=1S/C24H35ClN2O2/c1-4-17-13-23(25)27-22(5-2)21-15-26-19(14-20(17)21)12-9-16-7-10-18(11-8-16)24(28)29-6-3/h15-16,18-19H,4-14H2,1-3H3. The Morgan fingerprint density at radius 2 is 1.90 bits per heavy atom. The minimum Gasteiger partial charge on any atom is -0.466 e. The highest BCUT2D eigenvalue weighted by Gasteiger charge is 2.29. The number of allylic oxidation sites excluding steroid dienone is 3. The Hall–Kier alpha value is -1.42. The molecule has 29 heavy (non-hydrogen) atoms. The number of ether oxygens (including phenoxy) is 1. The molecule has 0 saturated heterocycles. The molecule has 1 atom stereocenters. The van der Waals surface area contributed by atoms with Gasteiger partial charge in [0.15, 0.2) is 0 Å². The lowest BCUT2D eigenvalue weighted by Crippen LogP contribution is -2.24. The number of aliphatic imine (C=N–C) groups is 2. The molecule has 0 spiro atoms. The molecule has 3 rings (SSSR count). The van der Waals surface area contributed by atoms with Gasteiger partial charge in [-0.1, -0.05) is 31.0 Å². The summed E-state index contributed by atoms with van der Waals surface area (Å²) in [6.07, 6.45) is 12.3. The zero-order valence-corrected chi connectivity index (χ0v) is 18.9. The Balaban J connectivity index is 1.59. The SMILES string of the molecule is CCOC(=O)C1CCC(CCC2CC3=C(CC)CC(Cl)=NC(CC)=C3C=N2)CC1. The first kappa shape index (κ1) is 22.3. The molecule has 2 aliphatic heterocycles. The van der Waals surface area contributed by atoms with Crippen molar-refractivity contribution in [3.05, 3.63) is 22.4 Å². The predicted octanol–water partition coefficient (Wildman–Crippen LogP) is 6.39. The Morgan fingerprint density at radius 3 is 2.55 bits per heavy atom. The molecular weight excluding hydrogens is 384 g/mol. The Kier molecular flexibility index (Phi) is 8.11. The van der Waals surface area contributed by atoms with Gasteiger partial charge in [0, 0.05) is 18.2 Å². The fraction of sp³-hybridized carbons (Fsp3) is 0.708. The van der Waals surface area contributed by atoms with Crippen LogP contribution in [0.5, 0.6) is 0 Å². The van der Waals surface area contributed by atoms with Crippen molar-refractivity contribution in [2.24, 2.45) is 21.8 Å². The number of halogens is 1. The highest BCUT2D eigenvalue weighted by atomic mass is 35.5. The maximum atomic E-state index is 11.9. The van der Waals surface area contributed by atoms with Gasteiger partial charge in [0.25, 0.3) is 0 Å². The van der Waals surface area contributed by atoms with Crippen molar-refractivity contribution >= 4 is 29.0 Å². The average molecular weight is 419 g/mol. The maximum absolute atomic E-state index is 11.9. The number of nitrogens with zero attached hydrogens (tertiary/aromatic N) is 2. The fourth-order valence-corrected chi connectivity index (χ4v) is 5.19. The van der Waals surface area contributed by atoms with E-state index in [9.17, 15) is 4.79 Å². The number of hydrogen-bond donors (Lipinski definition) is 0. The molecule has 0 aromatic heterocycles. The zero-order valence-electron chi connectivity index (χ0n) is 18.2. The predicted molar refractivity (Wildman–Crippen MR) is 121 cm³/mol. The summed E-state index contributed by atoms with van der Waals surface area (Å²) >= 11 is 6.39. The molecule has 160 valence electrons. The molecule has 1 aliphatic carbocycles. The van der Waals surface area contributed by atoms with E-state index in [0.717, 1.165) is 63.5 Å².